The van der Waals surface area contributed by atoms with Crippen LogP contribution in [0.1, 0.15) is 39.5 Å². The molecule has 0 radical (unpaired) electrons. The Kier molecular flexibility index (Phi) is 4.54. The number of rotatable bonds is 4. The maximum absolute atomic E-state index is 11.5. The van der Waals surface area contributed by atoms with E-state index < -0.39 is 0 Å². The molecule has 4 heteroatoms. The van der Waals surface area contributed by atoms with Crippen molar-refractivity contribution in [1.82, 2.24) is 5.32 Å². The van der Waals surface area contributed by atoms with Crippen LogP contribution < -0.4 is 11.1 Å². The zero-order chi connectivity index (χ0) is 11.3. The number of hydrogen-bond donors (Lipinski definition) is 2. The number of carbonyl (C=O) groups excluding carboxylic acids is 1. The van der Waals surface area contributed by atoms with Crippen molar-refractivity contribution in [2.45, 2.75) is 51.2 Å². The quantitative estimate of drug-likeness (QED) is 0.727. The molecule has 1 rings (SSSR count). The normalized spacial score (nSPS) is 22.5. The fourth-order valence-electron chi connectivity index (χ4n) is 1.57. The molecular formula is C11H22N2O2. The number of nitrogens with one attached hydrogen (secondary N) is 1. The van der Waals surface area contributed by atoms with E-state index in [4.69, 9.17) is 10.5 Å². The Morgan fingerprint density at radius 3 is 2.80 bits per heavy atom. The van der Waals surface area contributed by atoms with Crippen molar-refractivity contribution in [3.05, 3.63) is 0 Å². The van der Waals surface area contributed by atoms with Crippen LogP contribution in [0.4, 0.5) is 0 Å². The van der Waals surface area contributed by atoms with Crippen molar-refractivity contribution < 1.29 is 9.53 Å². The zero-order valence-electron chi connectivity index (χ0n) is 9.71. The third-order valence-corrected chi connectivity index (χ3v) is 2.43. The highest BCUT2D eigenvalue weighted by atomic mass is 16.5. The van der Waals surface area contributed by atoms with Crippen LogP contribution in [0.15, 0.2) is 0 Å². The average molecular weight is 214 g/mol. The first-order valence-corrected chi connectivity index (χ1v) is 5.64. The molecule has 15 heavy (non-hydrogen) atoms. The van der Waals surface area contributed by atoms with Crippen LogP contribution in [0.2, 0.25) is 0 Å². The average Bonchev–Trinajstić information content (AvgIpc) is 2.15. The Balaban J connectivity index is 2.17. The summed E-state index contributed by atoms with van der Waals surface area (Å²) in [4.78, 5) is 11.5. The van der Waals surface area contributed by atoms with Crippen LogP contribution in [0.3, 0.4) is 0 Å². The minimum Gasteiger partial charge on any atom is -0.378 e. The van der Waals surface area contributed by atoms with Gasteiger partial charge in [0.25, 0.3) is 0 Å². The molecule has 1 aliphatic heterocycles. The van der Waals surface area contributed by atoms with Crippen LogP contribution in [-0.4, -0.2) is 30.7 Å². The third-order valence-electron chi connectivity index (χ3n) is 2.43. The minimum absolute atomic E-state index is 0.0421. The van der Waals surface area contributed by atoms with Gasteiger partial charge in [0.05, 0.1) is 12.5 Å². The standard InChI is InChI=1S/C11H22N2O2/c1-11(2,12)8-13-10(14)7-9-5-3-4-6-15-9/h9H,3-8,12H2,1-2H3,(H,13,14). The Hall–Kier alpha value is -0.610. The number of carbonyl (C=O) groups is 1. The molecule has 1 aliphatic rings. The molecule has 1 unspecified atom stereocenters. The lowest BCUT2D eigenvalue weighted by atomic mass is 10.1. The highest BCUT2D eigenvalue weighted by molar-refractivity contribution is 5.76. The second-order valence-corrected chi connectivity index (χ2v) is 4.96. The number of hydrogen-bond acceptors (Lipinski definition) is 3. The van der Waals surface area contributed by atoms with Gasteiger partial charge in [-0.2, -0.15) is 0 Å². The van der Waals surface area contributed by atoms with E-state index >= 15 is 0 Å². The van der Waals surface area contributed by atoms with Gasteiger partial charge >= 0.3 is 0 Å². The molecule has 0 bridgehead atoms. The van der Waals surface area contributed by atoms with E-state index in [1.54, 1.807) is 0 Å². The van der Waals surface area contributed by atoms with Crippen molar-refractivity contribution in [2.24, 2.45) is 5.73 Å². The summed E-state index contributed by atoms with van der Waals surface area (Å²) in [6, 6.07) is 0. The fourth-order valence-corrected chi connectivity index (χ4v) is 1.57. The van der Waals surface area contributed by atoms with Crippen molar-refractivity contribution in [3.63, 3.8) is 0 Å². The Morgan fingerprint density at radius 2 is 2.27 bits per heavy atom. The van der Waals surface area contributed by atoms with E-state index in [9.17, 15) is 4.79 Å². The zero-order valence-corrected chi connectivity index (χ0v) is 9.71. The first kappa shape index (κ1) is 12.5. The second kappa shape index (κ2) is 5.47. The van der Waals surface area contributed by atoms with Gasteiger partial charge in [-0.15, -0.1) is 0 Å². The number of ether oxygens (including phenoxy) is 1. The van der Waals surface area contributed by atoms with Gasteiger partial charge in [-0.05, 0) is 33.1 Å². The van der Waals surface area contributed by atoms with Crippen molar-refractivity contribution >= 4 is 5.91 Å². The molecule has 0 aliphatic carbocycles. The maximum Gasteiger partial charge on any atom is 0.222 e. The van der Waals surface area contributed by atoms with Gasteiger partial charge in [0.15, 0.2) is 0 Å². The number of nitrogens with two attached hydrogens (primary N) is 1. The van der Waals surface area contributed by atoms with Gasteiger partial charge in [0, 0.05) is 18.7 Å². The van der Waals surface area contributed by atoms with Crippen molar-refractivity contribution in [1.29, 1.82) is 0 Å². The van der Waals surface area contributed by atoms with Crippen molar-refractivity contribution in [3.8, 4) is 0 Å². The molecule has 1 amide bonds. The molecule has 1 atom stereocenters. The van der Waals surface area contributed by atoms with E-state index in [1.165, 1.54) is 6.42 Å². The van der Waals surface area contributed by atoms with E-state index in [-0.39, 0.29) is 17.6 Å². The Labute approximate surface area is 91.5 Å². The summed E-state index contributed by atoms with van der Waals surface area (Å²) >= 11 is 0. The summed E-state index contributed by atoms with van der Waals surface area (Å²) in [6.45, 7) is 5.09. The predicted octanol–water partition coefficient (Wildman–Crippen LogP) is 0.799. The monoisotopic (exact) mass is 214 g/mol. The molecule has 88 valence electrons. The molecule has 0 aromatic rings. The fraction of sp³-hybridized carbons (Fsp3) is 0.909. The molecule has 4 nitrogen and oxygen atoms in total. The molecule has 0 aromatic heterocycles. The summed E-state index contributed by atoms with van der Waals surface area (Å²) in [5.74, 6) is 0.0421. The lowest BCUT2D eigenvalue weighted by Crippen LogP contribution is -2.45. The molecule has 3 N–H and O–H groups in total. The summed E-state index contributed by atoms with van der Waals surface area (Å²) < 4.78 is 5.49. The van der Waals surface area contributed by atoms with Gasteiger partial charge in [-0.25, -0.2) is 0 Å². The summed E-state index contributed by atoms with van der Waals surface area (Å²) in [5, 5.41) is 2.83. The van der Waals surface area contributed by atoms with Gasteiger partial charge in [0.1, 0.15) is 0 Å². The molecule has 0 aromatic carbocycles. The molecule has 1 fully saturated rings. The summed E-state index contributed by atoms with van der Waals surface area (Å²) in [6.07, 6.45) is 3.86. The molecule has 1 saturated heterocycles. The summed E-state index contributed by atoms with van der Waals surface area (Å²) in [7, 11) is 0. The molecule has 1 heterocycles. The topological polar surface area (TPSA) is 64.3 Å². The predicted molar refractivity (Wildman–Crippen MR) is 59.5 cm³/mol. The van der Waals surface area contributed by atoms with Crippen LogP contribution in [0, 0.1) is 0 Å². The highest BCUT2D eigenvalue weighted by Gasteiger charge is 2.18. The summed E-state index contributed by atoms with van der Waals surface area (Å²) in [5.41, 5.74) is 5.43. The Morgan fingerprint density at radius 1 is 1.53 bits per heavy atom. The molecule has 0 saturated carbocycles. The van der Waals surface area contributed by atoms with Crippen LogP contribution in [0.25, 0.3) is 0 Å². The lowest BCUT2D eigenvalue weighted by molar-refractivity contribution is -0.125. The van der Waals surface area contributed by atoms with Crippen LogP contribution in [-0.2, 0) is 9.53 Å². The first-order chi connectivity index (χ1) is 6.97. The lowest BCUT2D eigenvalue weighted by Gasteiger charge is -2.23. The third kappa shape index (κ3) is 5.74. The van der Waals surface area contributed by atoms with Gasteiger partial charge < -0.3 is 15.8 Å². The second-order valence-electron chi connectivity index (χ2n) is 4.96. The van der Waals surface area contributed by atoms with Crippen molar-refractivity contribution in [2.75, 3.05) is 13.2 Å². The van der Waals surface area contributed by atoms with E-state index in [0.717, 1.165) is 19.4 Å². The minimum atomic E-state index is -0.344. The largest absolute Gasteiger partial charge is 0.378 e. The van der Waals surface area contributed by atoms with Gasteiger partial charge in [-0.3, -0.25) is 4.79 Å². The van der Waals surface area contributed by atoms with Gasteiger partial charge in [-0.1, -0.05) is 0 Å². The van der Waals surface area contributed by atoms with E-state index in [0.29, 0.717) is 13.0 Å². The van der Waals surface area contributed by atoms with Gasteiger partial charge in [0.2, 0.25) is 5.91 Å². The molecular weight excluding hydrogens is 192 g/mol. The SMILES string of the molecule is CC(C)(N)CNC(=O)CC1CCCCO1. The van der Waals surface area contributed by atoms with Crippen LogP contribution in [0.5, 0.6) is 0 Å². The van der Waals surface area contributed by atoms with Crippen LogP contribution >= 0.6 is 0 Å². The Bertz CT molecular complexity index is 205. The smallest absolute Gasteiger partial charge is 0.222 e. The van der Waals surface area contributed by atoms with E-state index in [1.807, 2.05) is 13.8 Å². The van der Waals surface area contributed by atoms with E-state index in [2.05, 4.69) is 5.32 Å². The number of amides is 1. The first-order valence-electron chi connectivity index (χ1n) is 5.64. The highest BCUT2D eigenvalue weighted by Crippen LogP contribution is 2.15. The molecule has 0 spiro atoms. The maximum atomic E-state index is 11.5.